The Labute approximate surface area is 247 Å². The fraction of sp³-hybridized carbons (Fsp3) is 0.333. The third-order valence-corrected chi connectivity index (χ3v) is 9.14. The second kappa shape index (κ2) is 14.0. The fourth-order valence-corrected chi connectivity index (χ4v) is 6.44. The molecule has 0 saturated heterocycles. The number of carbonyl (C=O) groups is 2. The molecule has 0 heterocycles. The Hall–Kier alpha value is -3.07. The van der Waals surface area contributed by atoms with Gasteiger partial charge in [0.25, 0.3) is 10.0 Å². The van der Waals surface area contributed by atoms with E-state index in [2.05, 4.69) is 5.32 Å². The molecule has 0 saturated carbocycles. The zero-order chi connectivity index (χ0) is 29.4. The quantitative estimate of drug-likeness (QED) is 0.275. The summed E-state index contributed by atoms with van der Waals surface area (Å²) < 4.78 is 29.2. The number of halogens is 2. The molecule has 0 aromatic heterocycles. The zero-order valence-corrected chi connectivity index (χ0v) is 25.5. The summed E-state index contributed by atoms with van der Waals surface area (Å²) in [7, 11) is -4.15. The van der Waals surface area contributed by atoms with Gasteiger partial charge in [0.05, 0.1) is 10.6 Å². The van der Waals surface area contributed by atoms with E-state index >= 15 is 0 Å². The van der Waals surface area contributed by atoms with Crippen molar-refractivity contribution in [3.05, 3.63) is 93.5 Å². The van der Waals surface area contributed by atoms with Gasteiger partial charge in [0.15, 0.2) is 0 Å². The molecule has 0 unspecified atom stereocenters. The molecule has 0 spiro atoms. The highest BCUT2D eigenvalue weighted by Gasteiger charge is 2.34. The van der Waals surface area contributed by atoms with E-state index in [1.165, 1.54) is 17.0 Å². The minimum absolute atomic E-state index is 0.0632. The first kappa shape index (κ1) is 31.5. The molecule has 2 amide bonds. The molecule has 214 valence electrons. The number of nitrogens with zero attached hydrogens (tertiary/aromatic N) is 2. The number of para-hydroxylation sites is 1. The Bertz CT molecular complexity index is 1430. The predicted octanol–water partition coefficient (Wildman–Crippen LogP) is 6.00. The molecule has 0 bridgehead atoms. The first-order chi connectivity index (χ1) is 19.0. The maximum absolute atomic E-state index is 14.1. The summed E-state index contributed by atoms with van der Waals surface area (Å²) in [5.41, 5.74) is 2.55. The highest BCUT2D eigenvalue weighted by Crippen LogP contribution is 2.30. The lowest BCUT2D eigenvalue weighted by atomic mass is 10.1. The van der Waals surface area contributed by atoms with Crippen molar-refractivity contribution in [1.29, 1.82) is 0 Å². The molecule has 40 heavy (non-hydrogen) atoms. The number of hydrogen-bond acceptors (Lipinski definition) is 4. The van der Waals surface area contributed by atoms with Crippen molar-refractivity contribution in [3.8, 4) is 0 Å². The molecule has 7 nitrogen and oxygen atoms in total. The van der Waals surface area contributed by atoms with Crippen molar-refractivity contribution < 1.29 is 18.0 Å². The molecule has 0 aliphatic carbocycles. The normalized spacial score (nSPS) is 12.1. The first-order valence-electron chi connectivity index (χ1n) is 13.2. The van der Waals surface area contributed by atoms with Crippen LogP contribution in [0, 0.1) is 6.92 Å². The number of hydrogen-bond donors (Lipinski definition) is 1. The van der Waals surface area contributed by atoms with E-state index < -0.39 is 28.5 Å². The summed E-state index contributed by atoms with van der Waals surface area (Å²) in [6.45, 7) is 7.16. The van der Waals surface area contributed by atoms with Crippen molar-refractivity contribution in [1.82, 2.24) is 10.2 Å². The molecule has 0 aliphatic rings. The molecule has 10 heteroatoms. The Kier molecular flexibility index (Phi) is 11.0. The van der Waals surface area contributed by atoms with Crippen LogP contribution in [0.25, 0.3) is 0 Å². The van der Waals surface area contributed by atoms with Gasteiger partial charge < -0.3 is 10.2 Å². The smallest absolute Gasteiger partial charge is 0.264 e. The van der Waals surface area contributed by atoms with Crippen molar-refractivity contribution in [2.75, 3.05) is 17.4 Å². The summed E-state index contributed by atoms with van der Waals surface area (Å²) in [6, 6.07) is 17.7. The Balaban J connectivity index is 2.14. The van der Waals surface area contributed by atoms with Crippen LogP contribution in [-0.4, -0.2) is 44.3 Å². The van der Waals surface area contributed by atoms with Crippen molar-refractivity contribution in [3.63, 3.8) is 0 Å². The van der Waals surface area contributed by atoms with Crippen LogP contribution >= 0.6 is 23.2 Å². The standard InChI is InChI=1S/C30H35Cl2N3O4S/c1-5-22-11-8-9-14-28(22)35(40(38,39)23-17-15-21(4)16-18-23)20-29(36)34(27(6-2)30(37)33-7-3)19-24-25(31)12-10-13-26(24)32/h8-18,27H,5-7,19-20H2,1-4H3,(H,33,37)/t27-/m0/s1. The monoisotopic (exact) mass is 603 g/mol. The van der Waals surface area contributed by atoms with Crippen LogP contribution in [0.4, 0.5) is 5.69 Å². The molecule has 3 aromatic rings. The topological polar surface area (TPSA) is 86.8 Å². The maximum Gasteiger partial charge on any atom is 0.264 e. The Morgan fingerprint density at radius 2 is 1.52 bits per heavy atom. The molecule has 0 aliphatic heterocycles. The second-order valence-corrected chi connectivity index (χ2v) is 12.0. The van der Waals surface area contributed by atoms with Crippen LogP contribution in [0.1, 0.15) is 43.9 Å². The number of carbonyl (C=O) groups excluding carboxylic acids is 2. The van der Waals surface area contributed by atoms with E-state index in [4.69, 9.17) is 23.2 Å². The van der Waals surface area contributed by atoms with Crippen molar-refractivity contribution in [2.45, 2.75) is 58.0 Å². The summed E-state index contributed by atoms with van der Waals surface area (Å²) in [5, 5.41) is 3.47. The van der Waals surface area contributed by atoms with E-state index in [1.807, 2.05) is 26.0 Å². The van der Waals surface area contributed by atoms with Crippen molar-refractivity contribution >= 4 is 50.7 Å². The highest BCUT2D eigenvalue weighted by molar-refractivity contribution is 7.92. The highest BCUT2D eigenvalue weighted by atomic mass is 35.5. The van der Waals surface area contributed by atoms with Gasteiger partial charge in [-0.1, -0.05) is 79.0 Å². The predicted molar refractivity (Wildman–Crippen MR) is 161 cm³/mol. The van der Waals surface area contributed by atoms with E-state index in [1.54, 1.807) is 56.3 Å². The van der Waals surface area contributed by atoms with Gasteiger partial charge in [-0.05, 0) is 62.6 Å². The molecule has 1 atom stereocenters. The van der Waals surface area contributed by atoms with Crippen LogP contribution in [0.5, 0.6) is 0 Å². The third-order valence-electron chi connectivity index (χ3n) is 6.66. The number of amides is 2. The van der Waals surface area contributed by atoms with Gasteiger partial charge >= 0.3 is 0 Å². The SMILES string of the molecule is CCNC(=O)[C@H](CC)N(Cc1c(Cl)cccc1Cl)C(=O)CN(c1ccccc1CC)S(=O)(=O)c1ccc(C)cc1. The lowest BCUT2D eigenvalue weighted by molar-refractivity contribution is -0.140. The van der Waals surface area contributed by atoms with Crippen LogP contribution in [0.15, 0.2) is 71.6 Å². The van der Waals surface area contributed by atoms with Gasteiger partial charge in [-0.25, -0.2) is 8.42 Å². The minimum atomic E-state index is -4.15. The largest absolute Gasteiger partial charge is 0.355 e. The van der Waals surface area contributed by atoms with Crippen molar-refractivity contribution in [2.24, 2.45) is 0 Å². The summed E-state index contributed by atoms with van der Waals surface area (Å²) >= 11 is 12.9. The van der Waals surface area contributed by atoms with Crippen LogP contribution in [0.3, 0.4) is 0 Å². The number of sulfonamides is 1. The lowest BCUT2D eigenvalue weighted by Crippen LogP contribution is -2.52. The van der Waals surface area contributed by atoms with E-state index in [0.717, 1.165) is 15.4 Å². The zero-order valence-electron chi connectivity index (χ0n) is 23.2. The summed E-state index contributed by atoms with van der Waals surface area (Å²) in [4.78, 5) is 28.7. The molecule has 3 aromatic carbocycles. The Morgan fingerprint density at radius 3 is 2.10 bits per heavy atom. The molecular weight excluding hydrogens is 569 g/mol. The Morgan fingerprint density at radius 1 is 0.900 bits per heavy atom. The van der Waals surface area contributed by atoms with Gasteiger partial charge in [-0.2, -0.15) is 0 Å². The average molecular weight is 605 g/mol. The number of anilines is 1. The van der Waals surface area contributed by atoms with Crippen LogP contribution in [0.2, 0.25) is 10.0 Å². The molecule has 3 rings (SSSR count). The second-order valence-electron chi connectivity index (χ2n) is 9.35. The summed E-state index contributed by atoms with van der Waals surface area (Å²) in [6.07, 6.45) is 0.857. The minimum Gasteiger partial charge on any atom is -0.355 e. The molecular formula is C30H35Cl2N3O4S. The number of aryl methyl sites for hydroxylation is 2. The molecule has 1 N–H and O–H groups in total. The maximum atomic E-state index is 14.1. The van der Waals surface area contributed by atoms with Gasteiger partial charge in [-0.3, -0.25) is 13.9 Å². The lowest BCUT2D eigenvalue weighted by Gasteiger charge is -2.34. The fourth-order valence-electron chi connectivity index (χ4n) is 4.47. The summed E-state index contributed by atoms with van der Waals surface area (Å²) in [5.74, 6) is -0.904. The van der Waals surface area contributed by atoms with Gasteiger partial charge in [-0.15, -0.1) is 0 Å². The number of likely N-dealkylation sites (N-methyl/N-ethyl adjacent to an activating group) is 1. The van der Waals surface area contributed by atoms with E-state index in [0.29, 0.717) is 40.7 Å². The first-order valence-corrected chi connectivity index (χ1v) is 15.4. The number of rotatable bonds is 12. The average Bonchev–Trinajstić information content (AvgIpc) is 2.93. The number of benzene rings is 3. The van der Waals surface area contributed by atoms with Crippen LogP contribution < -0.4 is 9.62 Å². The van der Waals surface area contributed by atoms with E-state index in [-0.39, 0.29) is 17.3 Å². The molecule has 0 radical (unpaired) electrons. The molecule has 0 fully saturated rings. The van der Waals surface area contributed by atoms with Gasteiger partial charge in [0, 0.05) is 28.7 Å². The van der Waals surface area contributed by atoms with Gasteiger partial charge in [0.1, 0.15) is 12.6 Å². The van der Waals surface area contributed by atoms with E-state index in [9.17, 15) is 18.0 Å². The number of nitrogens with one attached hydrogen (secondary N) is 1. The van der Waals surface area contributed by atoms with Gasteiger partial charge in [0.2, 0.25) is 11.8 Å². The van der Waals surface area contributed by atoms with Crippen LogP contribution in [-0.2, 0) is 32.6 Å². The third kappa shape index (κ3) is 7.16.